The van der Waals surface area contributed by atoms with Crippen LogP contribution in [0.15, 0.2) is 0 Å². The molecule has 0 aromatic heterocycles. The number of hydrogen-bond donors (Lipinski definition) is 10. The number of carbonyl (C=O) groups excluding carboxylic acids is 1. The number of aldehydes is 1. The Bertz CT molecular complexity index is 848. The first-order chi connectivity index (χ1) is 19.4. The second kappa shape index (κ2) is 14.8. The van der Waals surface area contributed by atoms with Crippen LogP contribution in [0.2, 0.25) is 0 Å². The Morgan fingerprint density at radius 3 is 2.07 bits per heavy atom. The van der Waals surface area contributed by atoms with Crippen LogP contribution in [0.25, 0.3) is 0 Å². The highest BCUT2D eigenvalue weighted by Gasteiger charge is 2.50. The average molecular weight is 605 g/mol. The van der Waals surface area contributed by atoms with Gasteiger partial charge in [0, 0.05) is 7.11 Å². The molecule has 41 heavy (non-hydrogen) atoms. The Labute approximate surface area is 231 Å². The lowest BCUT2D eigenvalue weighted by atomic mass is 9.98. The Kier molecular flexibility index (Phi) is 12.3. The van der Waals surface area contributed by atoms with Crippen molar-refractivity contribution in [2.75, 3.05) is 26.9 Å². The summed E-state index contributed by atoms with van der Waals surface area (Å²) in [7, 11) is 1.07. The number of aliphatic carboxylic acids is 1. The normalized spacial score (nSPS) is 44.1. The molecule has 0 saturated carbocycles. The summed E-state index contributed by atoms with van der Waals surface area (Å²) in [6.07, 6.45) is -27.6. The van der Waals surface area contributed by atoms with Crippen LogP contribution >= 0.6 is 0 Å². The van der Waals surface area contributed by atoms with Crippen molar-refractivity contribution in [2.45, 2.75) is 98.2 Å². The van der Waals surface area contributed by atoms with Crippen molar-refractivity contribution in [1.29, 1.82) is 0 Å². The molecule has 10 N–H and O–H groups in total. The van der Waals surface area contributed by atoms with Crippen molar-refractivity contribution in [3.8, 4) is 0 Å². The molecule has 0 unspecified atom stereocenters. The summed E-state index contributed by atoms with van der Waals surface area (Å²) in [5.41, 5.74) is 0. The molecule has 16 atom stereocenters. The third-order valence-corrected chi connectivity index (χ3v) is 6.89. The minimum absolute atomic E-state index is 0.0229. The van der Waals surface area contributed by atoms with Crippen molar-refractivity contribution in [1.82, 2.24) is 0 Å². The molecule has 0 amide bonds. The van der Waals surface area contributed by atoms with Gasteiger partial charge in [-0.15, -0.1) is 0 Å². The van der Waals surface area contributed by atoms with Crippen molar-refractivity contribution < 1.29 is 93.8 Å². The molecule has 0 spiro atoms. The lowest BCUT2D eigenvalue weighted by Gasteiger charge is -2.43. The Balaban J connectivity index is 1.61. The van der Waals surface area contributed by atoms with E-state index in [0.29, 0.717) is 0 Å². The monoisotopic (exact) mass is 604 g/mol. The average Bonchev–Trinajstić information content (AvgIpc) is 2.95. The van der Waals surface area contributed by atoms with Gasteiger partial charge in [-0.25, -0.2) is 4.79 Å². The fraction of sp³-hybridized carbons (Fsp3) is 0.909. The molecular formula is C22H36O19. The third kappa shape index (κ3) is 7.54. The number of carboxylic acid groups (broad SMARTS) is 1. The fourth-order valence-electron chi connectivity index (χ4n) is 4.45. The van der Waals surface area contributed by atoms with E-state index in [1.807, 2.05) is 0 Å². The van der Waals surface area contributed by atoms with E-state index >= 15 is 0 Å². The van der Waals surface area contributed by atoms with Crippen molar-refractivity contribution in [2.24, 2.45) is 0 Å². The summed E-state index contributed by atoms with van der Waals surface area (Å²) in [6, 6.07) is 0. The molecule has 3 heterocycles. The first-order valence-electron chi connectivity index (χ1n) is 12.5. The first kappa shape index (κ1) is 34.0. The van der Waals surface area contributed by atoms with E-state index in [-0.39, 0.29) is 12.9 Å². The molecule has 3 aliphatic heterocycles. The second-order valence-corrected chi connectivity index (χ2v) is 9.64. The number of aliphatic hydroxyl groups is 9. The van der Waals surface area contributed by atoms with Crippen LogP contribution in [-0.2, 0) is 42.7 Å². The molecule has 19 nitrogen and oxygen atoms in total. The van der Waals surface area contributed by atoms with Crippen LogP contribution < -0.4 is 0 Å². The van der Waals surface area contributed by atoms with Gasteiger partial charge >= 0.3 is 5.97 Å². The van der Waals surface area contributed by atoms with E-state index in [1.165, 1.54) is 0 Å². The zero-order valence-corrected chi connectivity index (χ0v) is 21.6. The largest absolute Gasteiger partial charge is 0.479 e. The van der Waals surface area contributed by atoms with E-state index in [0.717, 1.165) is 7.11 Å². The highest BCUT2D eigenvalue weighted by Crippen LogP contribution is 2.28. The van der Waals surface area contributed by atoms with Crippen LogP contribution in [0.1, 0.15) is 0 Å². The van der Waals surface area contributed by atoms with E-state index in [4.69, 9.17) is 33.2 Å². The van der Waals surface area contributed by atoms with Crippen LogP contribution in [0.5, 0.6) is 0 Å². The molecule has 0 aromatic rings. The lowest BCUT2D eigenvalue weighted by molar-refractivity contribution is -0.339. The van der Waals surface area contributed by atoms with Crippen molar-refractivity contribution in [3.05, 3.63) is 0 Å². The maximum Gasteiger partial charge on any atom is 0.335 e. The molecule has 0 aliphatic carbocycles. The van der Waals surface area contributed by atoms with Gasteiger partial charge in [-0.05, 0) is 0 Å². The fourth-order valence-corrected chi connectivity index (χ4v) is 4.45. The minimum Gasteiger partial charge on any atom is -0.479 e. The number of hydrogen-bond acceptors (Lipinski definition) is 18. The van der Waals surface area contributed by atoms with E-state index < -0.39 is 117 Å². The molecule has 3 saturated heterocycles. The topological polar surface area (TPSA) is 301 Å². The van der Waals surface area contributed by atoms with Gasteiger partial charge in [0.2, 0.25) is 0 Å². The number of methoxy groups -OCH3 is 1. The van der Waals surface area contributed by atoms with Gasteiger partial charge in [0.25, 0.3) is 0 Å². The van der Waals surface area contributed by atoms with Gasteiger partial charge in [0.15, 0.2) is 31.3 Å². The SMILES string of the molecule is CO[C@H]1[C@H](O)[C@@H](O)[C@@H](O[C@@H](C=O)[C@@H](O)[C@@H](CO)O[C@H]2OC[C@@H](O[C@H]3OC[C@@H](O)[C@H](O)[C@H]3O)[C@H](O)[C@H]2O)O[C@@H]1C(=O)O. The van der Waals surface area contributed by atoms with Gasteiger partial charge in [0.1, 0.15) is 73.2 Å². The number of rotatable bonds is 12. The Morgan fingerprint density at radius 2 is 1.49 bits per heavy atom. The van der Waals surface area contributed by atoms with Gasteiger partial charge in [-0.3, -0.25) is 0 Å². The summed E-state index contributed by atoms with van der Waals surface area (Å²) in [6.45, 7) is -1.88. The van der Waals surface area contributed by atoms with Crippen LogP contribution in [0.4, 0.5) is 0 Å². The van der Waals surface area contributed by atoms with Gasteiger partial charge < -0.3 is 89.0 Å². The minimum atomic E-state index is -2.05. The Hall–Kier alpha value is -1.50. The zero-order valence-electron chi connectivity index (χ0n) is 21.6. The maximum absolute atomic E-state index is 11.7. The van der Waals surface area contributed by atoms with E-state index in [2.05, 4.69) is 0 Å². The zero-order chi connectivity index (χ0) is 30.6. The second-order valence-electron chi connectivity index (χ2n) is 9.64. The highest BCUT2D eigenvalue weighted by molar-refractivity contribution is 5.73. The summed E-state index contributed by atoms with van der Waals surface area (Å²) >= 11 is 0. The number of ether oxygens (including phenoxy) is 7. The third-order valence-electron chi connectivity index (χ3n) is 6.89. The van der Waals surface area contributed by atoms with Gasteiger partial charge in [0.05, 0.1) is 19.8 Å². The quantitative estimate of drug-likeness (QED) is 0.0925. The van der Waals surface area contributed by atoms with Gasteiger partial charge in [-0.2, -0.15) is 0 Å². The molecule has 3 fully saturated rings. The van der Waals surface area contributed by atoms with E-state index in [9.17, 15) is 60.7 Å². The molecule has 3 rings (SSSR count). The molecule has 0 aromatic carbocycles. The van der Waals surface area contributed by atoms with E-state index in [1.54, 1.807) is 0 Å². The van der Waals surface area contributed by atoms with Gasteiger partial charge in [-0.1, -0.05) is 0 Å². The first-order valence-corrected chi connectivity index (χ1v) is 12.5. The standard InChI is InChI=1S/C22H36O19/c1-35-17-13(29)16(32)22(41-18(17)19(33)34)39-8(3-24)11(27)7(2-23)38-21-15(31)12(28)9(5-37-21)40-20-14(30)10(26)6(25)4-36-20/h3,6-18,20-23,25-32H,2,4-5H2,1H3,(H,33,34)/t6-,7-,8+,9-,10+,11+,12+,13-,14-,15-,16-,17+,18+,20-,21-,22+/m1/s1. The summed E-state index contributed by atoms with van der Waals surface area (Å²) in [4.78, 5) is 23.2. The summed E-state index contributed by atoms with van der Waals surface area (Å²) in [5.74, 6) is -1.58. The van der Waals surface area contributed by atoms with Crippen LogP contribution in [0.3, 0.4) is 0 Å². The summed E-state index contributed by atoms with van der Waals surface area (Å²) in [5, 5.41) is 101. The smallest absolute Gasteiger partial charge is 0.335 e. The molecule has 238 valence electrons. The molecule has 0 bridgehead atoms. The van der Waals surface area contributed by atoms with Crippen LogP contribution in [0, 0.1) is 0 Å². The summed E-state index contributed by atoms with van der Waals surface area (Å²) < 4.78 is 36.3. The predicted molar refractivity (Wildman–Crippen MR) is 122 cm³/mol. The maximum atomic E-state index is 11.7. The number of aliphatic hydroxyl groups excluding tert-OH is 9. The molecule has 0 radical (unpaired) electrons. The lowest BCUT2D eigenvalue weighted by Crippen LogP contribution is -2.62. The molecule has 3 aliphatic rings. The predicted octanol–water partition coefficient (Wildman–Crippen LogP) is -7.24. The number of carbonyl (C=O) groups is 2. The van der Waals surface area contributed by atoms with Crippen molar-refractivity contribution >= 4 is 12.3 Å². The molecular weight excluding hydrogens is 568 g/mol. The highest BCUT2D eigenvalue weighted by atomic mass is 16.7. The van der Waals surface area contributed by atoms with Crippen LogP contribution in [-0.4, -0.2) is 188 Å². The Morgan fingerprint density at radius 1 is 0.878 bits per heavy atom. The van der Waals surface area contributed by atoms with Crippen molar-refractivity contribution in [3.63, 3.8) is 0 Å². The number of carboxylic acids is 1. The molecule has 19 heteroatoms.